The van der Waals surface area contributed by atoms with Crippen molar-refractivity contribution in [3.63, 3.8) is 0 Å². The number of hydrazone groups is 1. The summed E-state index contributed by atoms with van der Waals surface area (Å²) in [7, 11) is 1.52. The molecule has 4 rings (SSSR count). The Morgan fingerprint density at radius 3 is 2.69 bits per heavy atom. The second kappa shape index (κ2) is 12.6. The predicted molar refractivity (Wildman–Crippen MR) is 145 cm³/mol. The van der Waals surface area contributed by atoms with Gasteiger partial charge in [0.15, 0.2) is 16.6 Å². The number of alkyl halides is 3. The minimum absolute atomic E-state index is 0.0593. The van der Waals surface area contributed by atoms with Crippen LogP contribution >= 0.6 is 22.9 Å². The van der Waals surface area contributed by atoms with Crippen LogP contribution in [0.4, 0.5) is 24.0 Å². The van der Waals surface area contributed by atoms with Crippen molar-refractivity contribution in [2.75, 3.05) is 12.4 Å². The van der Waals surface area contributed by atoms with Crippen LogP contribution in [0.1, 0.15) is 22.4 Å². The van der Waals surface area contributed by atoms with Gasteiger partial charge in [-0.15, -0.1) is 11.3 Å². The van der Waals surface area contributed by atoms with E-state index in [0.717, 1.165) is 17.7 Å². The summed E-state index contributed by atoms with van der Waals surface area (Å²) in [4.78, 5) is 16.5. The normalized spacial score (nSPS) is 11.4. The van der Waals surface area contributed by atoms with E-state index in [-0.39, 0.29) is 18.7 Å². The largest absolute Gasteiger partial charge is 0.493 e. The van der Waals surface area contributed by atoms with Crippen LogP contribution in [0.15, 0.2) is 77.2 Å². The Hall–Kier alpha value is -4.09. The fourth-order valence-corrected chi connectivity index (χ4v) is 4.30. The summed E-state index contributed by atoms with van der Waals surface area (Å²) in [6, 6.07) is 17.4. The van der Waals surface area contributed by atoms with Gasteiger partial charge < -0.3 is 14.8 Å². The Bertz CT molecular complexity index is 1480. The zero-order valence-corrected chi connectivity index (χ0v) is 22.0. The van der Waals surface area contributed by atoms with Gasteiger partial charge in [-0.2, -0.15) is 18.3 Å². The van der Waals surface area contributed by atoms with E-state index in [1.165, 1.54) is 36.8 Å². The van der Waals surface area contributed by atoms with Crippen LogP contribution in [0.3, 0.4) is 0 Å². The van der Waals surface area contributed by atoms with Crippen LogP contribution in [-0.4, -0.2) is 24.2 Å². The molecule has 7 nitrogen and oxygen atoms in total. The highest BCUT2D eigenvalue weighted by Gasteiger charge is 2.30. The quantitative estimate of drug-likeness (QED) is 0.160. The van der Waals surface area contributed by atoms with Crippen molar-refractivity contribution in [3.05, 3.63) is 99.5 Å². The van der Waals surface area contributed by atoms with Crippen molar-refractivity contribution >= 4 is 45.9 Å². The Morgan fingerprint density at radius 1 is 1.10 bits per heavy atom. The van der Waals surface area contributed by atoms with E-state index in [2.05, 4.69) is 20.8 Å². The molecule has 1 amide bonds. The highest BCUT2D eigenvalue weighted by atomic mass is 35.5. The van der Waals surface area contributed by atoms with Gasteiger partial charge in [-0.05, 0) is 48.0 Å². The number of amides is 1. The zero-order chi connectivity index (χ0) is 27.8. The van der Waals surface area contributed by atoms with E-state index in [1.54, 1.807) is 29.6 Å². The lowest BCUT2D eigenvalue weighted by Gasteiger charge is -2.12. The number of ether oxygens (including phenoxy) is 2. The third-order valence-electron chi connectivity index (χ3n) is 5.27. The van der Waals surface area contributed by atoms with Crippen LogP contribution in [0.25, 0.3) is 0 Å². The number of benzene rings is 3. The summed E-state index contributed by atoms with van der Waals surface area (Å²) in [5.41, 5.74) is 3.87. The van der Waals surface area contributed by atoms with Crippen LogP contribution < -0.4 is 20.2 Å². The minimum Gasteiger partial charge on any atom is -0.493 e. The van der Waals surface area contributed by atoms with Gasteiger partial charge in [-0.3, -0.25) is 4.79 Å². The summed E-state index contributed by atoms with van der Waals surface area (Å²) in [6.07, 6.45) is -3.04. The first-order valence-corrected chi connectivity index (χ1v) is 12.7. The van der Waals surface area contributed by atoms with Gasteiger partial charge in [-0.25, -0.2) is 10.4 Å². The number of hydrogen-bond donors (Lipinski definition) is 2. The van der Waals surface area contributed by atoms with Gasteiger partial charge in [0.05, 0.1) is 31.0 Å². The lowest BCUT2D eigenvalue weighted by molar-refractivity contribution is -0.137. The summed E-state index contributed by atoms with van der Waals surface area (Å²) >= 11 is 7.35. The number of carbonyl (C=O) groups excluding carboxylic acids is 1. The van der Waals surface area contributed by atoms with Crippen molar-refractivity contribution in [1.82, 2.24) is 10.4 Å². The summed E-state index contributed by atoms with van der Waals surface area (Å²) in [5, 5.41) is 9.42. The highest BCUT2D eigenvalue weighted by molar-refractivity contribution is 7.13. The molecule has 0 spiro atoms. The Kier molecular flexibility index (Phi) is 9.05. The predicted octanol–water partition coefficient (Wildman–Crippen LogP) is 6.84. The van der Waals surface area contributed by atoms with E-state index in [9.17, 15) is 18.0 Å². The molecule has 1 aromatic heterocycles. The minimum atomic E-state index is -4.44. The van der Waals surface area contributed by atoms with Crippen LogP contribution in [0.5, 0.6) is 11.5 Å². The van der Waals surface area contributed by atoms with Gasteiger partial charge in [-0.1, -0.05) is 35.9 Å². The zero-order valence-electron chi connectivity index (χ0n) is 20.5. The Morgan fingerprint density at radius 2 is 1.92 bits per heavy atom. The topological polar surface area (TPSA) is 84.8 Å². The molecule has 12 heteroatoms. The maximum absolute atomic E-state index is 12.9. The van der Waals surface area contributed by atoms with Crippen LogP contribution in [0, 0.1) is 0 Å². The molecule has 0 aliphatic heterocycles. The number of methoxy groups -OCH3 is 1. The van der Waals surface area contributed by atoms with Gasteiger partial charge in [0, 0.05) is 21.7 Å². The summed E-state index contributed by atoms with van der Waals surface area (Å²) in [5.74, 6) is 0.603. The number of nitrogens with one attached hydrogen (secondary N) is 2. The first kappa shape index (κ1) is 27.9. The van der Waals surface area contributed by atoms with Gasteiger partial charge >= 0.3 is 6.18 Å². The van der Waals surface area contributed by atoms with Gasteiger partial charge in [0.25, 0.3) is 0 Å². The smallest absolute Gasteiger partial charge is 0.416 e. The molecule has 0 saturated carbocycles. The lowest BCUT2D eigenvalue weighted by atomic mass is 10.2. The fraction of sp³-hybridized carbons (Fsp3) is 0.148. The maximum Gasteiger partial charge on any atom is 0.416 e. The maximum atomic E-state index is 12.9. The summed E-state index contributed by atoms with van der Waals surface area (Å²) in [6.45, 7) is 0.271. The number of halogens is 4. The van der Waals surface area contributed by atoms with Crippen LogP contribution in [0.2, 0.25) is 5.02 Å². The first-order chi connectivity index (χ1) is 18.7. The molecule has 0 radical (unpaired) electrons. The van der Waals surface area contributed by atoms with Crippen molar-refractivity contribution in [2.24, 2.45) is 5.10 Å². The molecule has 3 aromatic carbocycles. The first-order valence-electron chi connectivity index (χ1n) is 11.5. The number of thiazole rings is 1. The molecule has 0 aliphatic rings. The van der Waals surface area contributed by atoms with Crippen molar-refractivity contribution < 1.29 is 27.4 Å². The van der Waals surface area contributed by atoms with E-state index >= 15 is 0 Å². The van der Waals surface area contributed by atoms with Crippen molar-refractivity contribution in [3.8, 4) is 11.5 Å². The molecule has 202 valence electrons. The molecular weight excluding hydrogens is 553 g/mol. The number of carbonyl (C=O) groups is 1. The molecule has 0 atom stereocenters. The number of rotatable bonds is 10. The van der Waals surface area contributed by atoms with E-state index < -0.39 is 17.6 Å². The number of aromatic nitrogens is 1. The van der Waals surface area contributed by atoms with Crippen molar-refractivity contribution in [2.45, 2.75) is 19.2 Å². The van der Waals surface area contributed by atoms with Crippen LogP contribution in [-0.2, 0) is 24.0 Å². The molecule has 0 aliphatic carbocycles. The van der Waals surface area contributed by atoms with Gasteiger partial charge in [0.2, 0.25) is 5.91 Å². The van der Waals surface area contributed by atoms with E-state index in [1.807, 2.05) is 18.2 Å². The molecule has 1 heterocycles. The van der Waals surface area contributed by atoms with E-state index in [0.29, 0.717) is 32.9 Å². The number of hydrogen-bond acceptors (Lipinski definition) is 7. The average molecular weight is 575 g/mol. The molecule has 2 N–H and O–H groups in total. The van der Waals surface area contributed by atoms with Crippen molar-refractivity contribution in [1.29, 1.82) is 0 Å². The number of nitrogens with zero attached hydrogens (tertiary/aromatic N) is 2. The average Bonchev–Trinajstić information content (AvgIpc) is 3.34. The molecule has 39 heavy (non-hydrogen) atoms. The third kappa shape index (κ3) is 7.95. The SMILES string of the molecule is COc1cc(/C=N\NC(=O)Cc2csc(Nc3cccc(C(F)(F)F)c3)n2)ccc1OCc1ccccc1Cl. The molecule has 0 saturated heterocycles. The third-order valence-corrected chi connectivity index (χ3v) is 6.44. The fourth-order valence-electron chi connectivity index (χ4n) is 3.38. The van der Waals surface area contributed by atoms with Gasteiger partial charge in [0.1, 0.15) is 6.61 Å². The molecular formula is C27H22ClF3N4O3S. The second-order valence-corrected chi connectivity index (χ2v) is 9.37. The standard InChI is InChI=1S/C27H22ClF3N4O3S/c1-37-24-11-17(9-10-23(24)38-15-18-5-2-3-8-22(18)28)14-32-35-25(36)13-21-16-39-26(34-21)33-20-7-4-6-19(12-20)27(29,30)31/h2-12,14,16H,13,15H2,1H3,(H,33,34)(H,35,36)/b32-14-. The lowest BCUT2D eigenvalue weighted by Crippen LogP contribution is -2.19. The Labute approximate surface area is 231 Å². The summed E-state index contributed by atoms with van der Waals surface area (Å²) < 4.78 is 50.0. The Balaban J connectivity index is 1.29. The van der Waals surface area contributed by atoms with E-state index in [4.69, 9.17) is 21.1 Å². The molecule has 4 aromatic rings. The molecule has 0 bridgehead atoms. The second-order valence-electron chi connectivity index (χ2n) is 8.11. The molecule has 0 unspecified atom stereocenters. The monoisotopic (exact) mass is 574 g/mol. The molecule has 0 fully saturated rings. The number of anilines is 2. The highest BCUT2D eigenvalue weighted by Crippen LogP contribution is 2.32.